The van der Waals surface area contributed by atoms with Gasteiger partial charge in [0.15, 0.2) is 0 Å². The molecule has 1 N–H and O–H groups in total. The molecule has 0 bridgehead atoms. The number of fused-ring (bicyclic) bond motifs is 1. The van der Waals surface area contributed by atoms with E-state index in [2.05, 4.69) is 30.4 Å². The molecule has 3 rings (SSSR count). The highest BCUT2D eigenvalue weighted by Crippen LogP contribution is 2.38. The highest BCUT2D eigenvalue weighted by atomic mass is 14.9. The minimum Gasteiger partial charge on any atom is -0.310 e. The lowest BCUT2D eigenvalue weighted by atomic mass is 9.97. The van der Waals surface area contributed by atoms with Crippen LogP contribution in [0.3, 0.4) is 0 Å². The molecule has 0 aliphatic heterocycles. The number of nitrogens with one attached hydrogen (secondary N) is 1. The number of benzene rings is 1. The predicted octanol–water partition coefficient (Wildman–Crippen LogP) is 3.63. The zero-order chi connectivity index (χ0) is 11.7. The van der Waals surface area contributed by atoms with Crippen molar-refractivity contribution < 1.29 is 0 Å². The van der Waals surface area contributed by atoms with Gasteiger partial charge in [0.05, 0.1) is 0 Å². The molecule has 0 radical (unpaired) electrons. The van der Waals surface area contributed by atoms with E-state index in [9.17, 15) is 0 Å². The van der Waals surface area contributed by atoms with Crippen molar-refractivity contribution >= 4 is 0 Å². The first kappa shape index (κ1) is 11.3. The normalized spacial score (nSPS) is 20.3. The monoisotopic (exact) mass is 229 g/mol. The van der Waals surface area contributed by atoms with Crippen LogP contribution in [0.5, 0.6) is 0 Å². The third-order valence-corrected chi connectivity index (χ3v) is 4.24. The molecule has 1 atom stereocenters. The SMILES string of the molecule is CCNC(CC1CC1)c1ccc2c(c1)CCC2. The van der Waals surface area contributed by atoms with Gasteiger partial charge in [-0.05, 0) is 54.8 Å². The molecule has 0 aromatic heterocycles. The third kappa shape index (κ3) is 2.55. The lowest BCUT2D eigenvalue weighted by Gasteiger charge is -2.19. The van der Waals surface area contributed by atoms with Gasteiger partial charge in [-0.15, -0.1) is 0 Å². The second-order valence-corrected chi connectivity index (χ2v) is 5.67. The summed E-state index contributed by atoms with van der Waals surface area (Å²) in [5, 5.41) is 3.66. The second kappa shape index (κ2) is 4.81. The van der Waals surface area contributed by atoms with Gasteiger partial charge < -0.3 is 5.32 Å². The fraction of sp³-hybridized carbons (Fsp3) is 0.625. The Kier molecular flexibility index (Phi) is 3.19. The smallest absolute Gasteiger partial charge is 0.0322 e. The van der Waals surface area contributed by atoms with Crippen molar-refractivity contribution in [1.29, 1.82) is 0 Å². The maximum atomic E-state index is 3.66. The highest BCUT2D eigenvalue weighted by molar-refractivity contribution is 5.36. The van der Waals surface area contributed by atoms with Gasteiger partial charge in [0, 0.05) is 6.04 Å². The summed E-state index contributed by atoms with van der Waals surface area (Å²) in [7, 11) is 0. The molecule has 2 aliphatic carbocycles. The van der Waals surface area contributed by atoms with Gasteiger partial charge in [0.25, 0.3) is 0 Å². The Labute approximate surface area is 105 Å². The number of hydrogen-bond donors (Lipinski definition) is 1. The molecule has 0 heterocycles. The molecular weight excluding hydrogens is 206 g/mol. The first-order valence-electron chi connectivity index (χ1n) is 7.22. The number of hydrogen-bond acceptors (Lipinski definition) is 1. The van der Waals surface area contributed by atoms with Gasteiger partial charge >= 0.3 is 0 Å². The maximum Gasteiger partial charge on any atom is 0.0322 e. The van der Waals surface area contributed by atoms with E-state index in [1.807, 2.05) is 0 Å². The molecule has 0 saturated heterocycles. The predicted molar refractivity (Wildman–Crippen MR) is 72.2 cm³/mol. The van der Waals surface area contributed by atoms with Crippen molar-refractivity contribution in [2.24, 2.45) is 5.92 Å². The summed E-state index contributed by atoms with van der Waals surface area (Å²) in [6.07, 6.45) is 8.19. The van der Waals surface area contributed by atoms with Gasteiger partial charge in [-0.2, -0.15) is 0 Å². The first-order valence-corrected chi connectivity index (χ1v) is 7.22. The Morgan fingerprint density at radius 1 is 1.24 bits per heavy atom. The van der Waals surface area contributed by atoms with E-state index in [1.165, 1.54) is 44.1 Å². The zero-order valence-corrected chi connectivity index (χ0v) is 10.8. The van der Waals surface area contributed by atoms with Gasteiger partial charge in [-0.1, -0.05) is 38.0 Å². The van der Waals surface area contributed by atoms with Crippen LogP contribution in [-0.2, 0) is 12.8 Å². The average Bonchev–Trinajstić information content (AvgIpc) is 3.04. The summed E-state index contributed by atoms with van der Waals surface area (Å²) < 4.78 is 0. The minimum atomic E-state index is 0.596. The average molecular weight is 229 g/mol. The third-order valence-electron chi connectivity index (χ3n) is 4.24. The number of aryl methyl sites for hydroxylation is 2. The summed E-state index contributed by atoms with van der Waals surface area (Å²) in [6.45, 7) is 3.29. The molecule has 1 heteroatoms. The fourth-order valence-corrected chi connectivity index (χ4v) is 3.08. The van der Waals surface area contributed by atoms with Crippen molar-refractivity contribution in [2.45, 2.75) is 51.5 Å². The van der Waals surface area contributed by atoms with E-state index < -0.39 is 0 Å². The molecule has 1 nitrogen and oxygen atoms in total. The summed E-state index contributed by atoms with van der Waals surface area (Å²) in [5.41, 5.74) is 4.73. The van der Waals surface area contributed by atoms with Gasteiger partial charge in [0.1, 0.15) is 0 Å². The van der Waals surface area contributed by atoms with Crippen LogP contribution in [0.1, 0.15) is 55.3 Å². The largest absolute Gasteiger partial charge is 0.310 e. The Morgan fingerprint density at radius 2 is 2.06 bits per heavy atom. The van der Waals surface area contributed by atoms with Crippen LogP contribution in [0, 0.1) is 5.92 Å². The topological polar surface area (TPSA) is 12.0 Å². The van der Waals surface area contributed by atoms with Gasteiger partial charge in [0.2, 0.25) is 0 Å². The molecular formula is C16H23N. The Balaban J connectivity index is 1.78. The van der Waals surface area contributed by atoms with E-state index in [0.717, 1.165) is 12.5 Å². The lowest BCUT2D eigenvalue weighted by Crippen LogP contribution is -2.21. The van der Waals surface area contributed by atoms with Crippen LogP contribution >= 0.6 is 0 Å². The lowest BCUT2D eigenvalue weighted by molar-refractivity contribution is 0.486. The molecule has 92 valence electrons. The highest BCUT2D eigenvalue weighted by Gasteiger charge is 2.26. The number of rotatable bonds is 5. The molecule has 0 amide bonds. The summed E-state index contributed by atoms with van der Waals surface area (Å²) in [6, 6.07) is 7.80. The molecule has 1 aromatic carbocycles. The molecule has 17 heavy (non-hydrogen) atoms. The van der Waals surface area contributed by atoms with E-state index in [0.29, 0.717) is 6.04 Å². The van der Waals surface area contributed by atoms with Crippen LogP contribution in [0.2, 0.25) is 0 Å². The van der Waals surface area contributed by atoms with Crippen LogP contribution < -0.4 is 5.32 Å². The first-order chi connectivity index (χ1) is 8.36. The summed E-state index contributed by atoms with van der Waals surface area (Å²) >= 11 is 0. The van der Waals surface area contributed by atoms with Crippen molar-refractivity contribution in [2.75, 3.05) is 6.54 Å². The van der Waals surface area contributed by atoms with Crippen molar-refractivity contribution in [3.63, 3.8) is 0 Å². The Hall–Kier alpha value is -0.820. The van der Waals surface area contributed by atoms with Crippen molar-refractivity contribution in [3.8, 4) is 0 Å². The zero-order valence-electron chi connectivity index (χ0n) is 10.8. The minimum absolute atomic E-state index is 0.596. The van der Waals surface area contributed by atoms with Crippen LogP contribution in [0.25, 0.3) is 0 Å². The van der Waals surface area contributed by atoms with Gasteiger partial charge in [-0.3, -0.25) is 0 Å². The van der Waals surface area contributed by atoms with Crippen molar-refractivity contribution in [3.05, 3.63) is 34.9 Å². The molecule has 2 aliphatic rings. The van der Waals surface area contributed by atoms with Crippen LogP contribution in [0.15, 0.2) is 18.2 Å². The summed E-state index contributed by atoms with van der Waals surface area (Å²) in [4.78, 5) is 0. The molecule has 1 fully saturated rings. The molecule has 1 saturated carbocycles. The second-order valence-electron chi connectivity index (χ2n) is 5.67. The van der Waals surface area contributed by atoms with E-state index in [4.69, 9.17) is 0 Å². The van der Waals surface area contributed by atoms with E-state index in [-0.39, 0.29) is 0 Å². The van der Waals surface area contributed by atoms with Crippen LogP contribution in [0.4, 0.5) is 0 Å². The molecule has 0 spiro atoms. The fourth-order valence-electron chi connectivity index (χ4n) is 3.08. The van der Waals surface area contributed by atoms with E-state index in [1.54, 1.807) is 11.1 Å². The van der Waals surface area contributed by atoms with Gasteiger partial charge in [-0.25, -0.2) is 0 Å². The molecule has 1 aromatic rings. The van der Waals surface area contributed by atoms with Crippen LogP contribution in [-0.4, -0.2) is 6.54 Å². The van der Waals surface area contributed by atoms with Crippen molar-refractivity contribution in [1.82, 2.24) is 5.32 Å². The quantitative estimate of drug-likeness (QED) is 0.813. The Morgan fingerprint density at radius 3 is 2.82 bits per heavy atom. The summed E-state index contributed by atoms with van der Waals surface area (Å²) in [5.74, 6) is 0.993. The standard InChI is InChI=1S/C16H23N/c1-2-17-16(10-12-6-7-12)15-9-8-13-4-3-5-14(13)11-15/h8-9,11-12,16-17H,2-7,10H2,1H3. The molecule has 1 unspecified atom stereocenters. The van der Waals surface area contributed by atoms with E-state index >= 15 is 0 Å². The Bertz CT molecular complexity index is 393. The maximum absolute atomic E-state index is 3.66.